The van der Waals surface area contributed by atoms with Crippen LogP contribution >= 0.6 is 11.3 Å². The summed E-state index contributed by atoms with van der Waals surface area (Å²) in [6.45, 7) is 3.84. The Morgan fingerprint density at radius 1 is 1.19 bits per heavy atom. The van der Waals surface area contributed by atoms with E-state index >= 15 is 0 Å². The van der Waals surface area contributed by atoms with Gasteiger partial charge in [-0.15, -0.1) is 11.3 Å². The number of alkyl carbamates (subject to hydrolysis) is 1. The van der Waals surface area contributed by atoms with Gasteiger partial charge < -0.3 is 29.4 Å². The number of methoxy groups -OCH3 is 2. The molecule has 2 amide bonds. The lowest BCUT2D eigenvalue weighted by atomic mass is 9.86. The molecule has 0 saturated heterocycles. The number of carbonyl (C=O) groups excluding carboxylic acids is 2. The van der Waals surface area contributed by atoms with E-state index in [9.17, 15) is 18.4 Å². The second kappa shape index (κ2) is 14.0. The maximum absolute atomic E-state index is 12.3. The Balaban J connectivity index is 1.63. The number of hydrogen-bond donors (Lipinski definition) is 3. The molecule has 0 spiro atoms. The van der Waals surface area contributed by atoms with Crippen LogP contribution in [0.3, 0.4) is 0 Å². The fraction of sp³-hybridized carbons (Fsp3) is 0.560. The minimum Gasteiger partial charge on any atom is -0.447 e. The van der Waals surface area contributed by atoms with Gasteiger partial charge in [-0.1, -0.05) is 12.1 Å². The lowest BCUT2D eigenvalue weighted by Gasteiger charge is -2.28. The number of aromatic nitrogens is 1. The quantitative estimate of drug-likeness (QED) is 0.282. The Morgan fingerprint density at radius 3 is 2.51 bits per heavy atom. The van der Waals surface area contributed by atoms with E-state index in [1.165, 1.54) is 25.6 Å². The van der Waals surface area contributed by atoms with E-state index in [4.69, 9.17) is 14.2 Å². The van der Waals surface area contributed by atoms with Gasteiger partial charge in [0.1, 0.15) is 0 Å². The maximum Gasteiger partial charge on any atom is 0.407 e. The van der Waals surface area contributed by atoms with Crippen molar-refractivity contribution in [3.05, 3.63) is 35.0 Å². The molecule has 37 heavy (non-hydrogen) atoms. The molecule has 1 fully saturated rings. The van der Waals surface area contributed by atoms with Crippen LogP contribution in [0.2, 0.25) is 0 Å². The summed E-state index contributed by atoms with van der Waals surface area (Å²) in [5, 5.41) is 6.63. The van der Waals surface area contributed by atoms with Crippen molar-refractivity contribution in [2.45, 2.75) is 75.2 Å². The number of amides is 2. The first kappa shape index (κ1) is 29.2. The summed E-state index contributed by atoms with van der Waals surface area (Å²) in [4.78, 5) is 29.8. The minimum atomic E-state index is -2.24. The number of nitrogens with one attached hydrogen (secondary N) is 2. The third-order valence-electron chi connectivity index (χ3n) is 6.12. The van der Waals surface area contributed by atoms with Gasteiger partial charge >= 0.3 is 6.09 Å². The predicted octanol–water partition coefficient (Wildman–Crippen LogP) is 3.83. The van der Waals surface area contributed by atoms with Crippen LogP contribution < -0.4 is 10.6 Å². The summed E-state index contributed by atoms with van der Waals surface area (Å²) in [6, 6.07) is 5.21. The van der Waals surface area contributed by atoms with Gasteiger partial charge in [-0.2, -0.15) is 0 Å². The summed E-state index contributed by atoms with van der Waals surface area (Å²) < 4.78 is 37.4. The van der Waals surface area contributed by atoms with Crippen LogP contribution in [0.25, 0.3) is 10.4 Å². The third kappa shape index (κ3) is 8.57. The van der Waals surface area contributed by atoms with Gasteiger partial charge in [-0.25, -0.2) is 14.0 Å². The van der Waals surface area contributed by atoms with E-state index in [0.29, 0.717) is 11.1 Å². The first-order valence-corrected chi connectivity index (χ1v) is 14.1. The number of ether oxygens (including phenoxy) is 3. The summed E-state index contributed by atoms with van der Waals surface area (Å²) in [5.74, 6) is 0.0242. The van der Waals surface area contributed by atoms with Crippen molar-refractivity contribution in [1.29, 1.82) is 0 Å². The molecule has 1 atom stereocenters. The Bertz CT molecular complexity index is 1080. The predicted molar refractivity (Wildman–Crippen MR) is 141 cm³/mol. The van der Waals surface area contributed by atoms with Crippen molar-refractivity contribution in [3.8, 4) is 10.4 Å². The molecule has 3 rings (SSSR count). The highest BCUT2D eigenvalue weighted by atomic mass is 32.2. The summed E-state index contributed by atoms with van der Waals surface area (Å²) in [6.07, 6.45) is 4.17. The molecule has 10 nitrogen and oxygen atoms in total. The number of rotatable bonds is 11. The van der Waals surface area contributed by atoms with E-state index in [0.717, 1.165) is 35.6 Å². The Labute approximate surface area is 223 Å². The Hall–Kier alpha value is -2.38. The van der Waals surface area contributed by atoms with E-state index in [1.807, 2.05) is 13.8 Å². The minimum absolute atomic E-state index is 0.0561. The van der Waals surface area contributed by atoms with Crippen molar-refractivity contribution in [2.75, 3.05) is 20.8 Å². The molecule has 12 heteroatoms. The molecule has 1 saturated carbocycles. The van der Waals surface area contributed by atoms with Crippen molar-refractivity contribution in [2.24, 2.45) is 0 Å². The number of hydrogen-bond acceptors (Lipinski definition) is 8. The lowest BCUT2D eigenvalue weighted by molar-refractivity contribution is -0.126. The zero-order chi connectivity index (χ0) is 26.9. The monoisotopic (exact) mass is 553 g/mol. The van der Waals surface area contributed by atoms with Gasteiger partial charge in [-0.05, 0) is 51.2 Å². The number of benzene rings is 1. The molecule has 0 aliphatic heterocycles. The van der Waals surface area contributed by atoms with Crippen molar-refractivity contribution in [3.63, 3.8) is 0 Å². The van der Waals surface area contributed by atoms with Gasteiger partial charge in [0.15, 0.2) is 17.4 Å². The average Bonchev–Trinajstić information content (AvgIpc) is 3.34. The van der Waals surface area contributed by atoms with Gasteiger partial charge in [0.05, 0.1) is 33.8 Å². The fourth-order valence-corrected chi connectivity index (χ4v) is 6.04. The largest absolute Gasteiger partial charge is 0.447 e. The normalized spacial score (nSPS) is 18.6. The van der Waals surface area contributed by atoms with Crippen molar-refractivity contribution < 1.29 is 32.6 Å². The zero-order valence-electron chi connectivity index (χ0n) is 21.5. The summed E-state index contributed by atoms with van der Waals surface area (Å²) in [5.41, 5.74) is 1.25. The van der Waals surface area contributed by atoms with Gasteiger partial charge in [0.25, 0.3) is 0 Å². The van der Waals surface area contributed by atoms with E-state index < -0.39 is 17.4 Å². The number of carbonyl (C=O) groups is 2. The topological polar surface area (TPSA) is 136 Å². The molecule has 0 radical (unpaired) electrons. The average molecular weight is 554 g/mol. The molecule has 1 aliphatic rings. The highest BCUT2D eigenvalue weighted by Crippen LogP contribution is 2.39. The smallest absolute Gasteiger partial charge is 0.407 e. The second-order valence-corrected chi connectivity index (χ2v) is 11.2. The second-order valence-electron chi connectivity index (χ2n) is 9.17. The number of thiazole rings is 1. The molecule has 1 aromatic heterocycles. The van der Waals surface area contributed by atoms with Crippen LogP contribution in [-0.4, -0.2) is 64.9 Å². The van der Waals surface area contributed by atoms with E-state index in [2.05, 4.69) is 15.6 Å². The van der Waals surface area contributed by atoms with Gasteiger partial charge in [-0.3, -0.25) is 4.79 Å². The lowest BCUT2D eigenvalue weighted by Crippen LogP contribution is -2.38. The fourth-order valence-electron chi connectivity index (χ4n) is 4.23. The molecule has 2 aromatic rings. The van der Waals surface area contributed by atoms with E-state index in [1.54, 1.807) is 24.4 Å². The standard InChI is InChI=1S/C25H35N3O7S2/c1-15(2)35-25(30)28-18-8-6-17(7-9-18)24-27-13-20(36-24)19-10-5-16(11-21(19)37(31)32)12-22(29)26-14-23(33-3)34-4/h5,10-11,13,15,17-18,23H,6-9,12,14H2,1-4H3,(H,26,29)(H,28,30)(H,31,32). The Morgan fingerprint density at radius 2 is 1.89 bits per heavy atom. The van der Waals surface area contributed by atoms with Crippen molar-refractivity contribution >= 4 is 34.4 Å². The molecule has 1 aliphatic carbocycles. The number of nitrogens with zero attached hydrogens (tertiary/aromatic N) is 1. The van der Waals surface area contributed by atoms with Crippen LogP contribution in [0.1, 0.15) is 56.0 Å². The van der Waals surface area contributed by atoms with Crippen LogP contribution in [0.4, 0.5) is 4.79 Å². The van der Waals surface area contributed by atoms with Gasteiger partial charge in [0, 0.05) is 37.9 Å². The zero-order valence-corrected chi connectivity index (χ0v) is 23.2. The molecule has 3 N–H and O–H groups in total. The van der Waals surface area contributed by atoms with Crippen LogP contribution in [0.5, 0.6) is 0 Å². The first-order chi connectivity index (χ1) is 17.7. The SMILES string of the molecule is COC(CNC(=O)Cc1ccc(-c2cnc(C3CCC(NC(=O)OC(C)C)CC3)s2)c(S(=O)O)c1)OC. The molecule has 1 unspecified atom stereocenters. The molecule has 1 heterocycles. The highest BCUT2D eigenvalue weighted by Gasteiger charge is 2.26. The van der Waals surface area contributed by atoms with E-state index in [-0.39, 0.29) is 47.9 Å². The Kier molecular flexibility index (Phi) is 11.0. The van der Waals surface area contributed by atoms with Crippen LogP contribution in [0.15, 0.2) is 29.3 Å². The summed E-state index contributed by atoms with van der Waals surface area (Å²) in [7, 11) is 2.98. The van der Waals surface area contributed by atoms with Crippen LogP contribution in [0, 0.1) is 0 Å². The van der Waals surface area contributed by atoms with Crippen molar-refractivity contribution in [1.82, 2.24) is 15.6 Å². The molecular weight excluding hydrogens is 518 g/mol. The van der Waals surface area contributed by atoms with Gasteiger partial charge in [0.2, 0.25) is 5.91 Å². The maximum atomic E-state index is 12.3. The first-order valence-electron chi connectivity index (χ1n) is 12.2. The summed E-state index contributed by atoms with van der Waals surface area (Å²) >= 11 is -0.728. The molecule has 0 bridgehead atoms. The van der Waals surface area contributed by atoms with Crippen LogP contribution in [-0.2, 0) is 36.5 Å². The molecular formula is C25H35N3O7S2. The molecule has 204 valence electrons. The molecule has 1 aromatic carbocycles. The highest BCUT2D eigenvalue weighted by molar-refractivity contribution is 7.79. The third-order valence-corrected chi connectivity index (χ3v) is 8.03.